The van der Waals surface area contributed by atoms with E-state index in [-0.39, 0.29) is 0 Å². The van der Waals surface area contributed by atoms with Gasteiger partial charge < -0.3 is 5.73 Å². The molecule has 18 heavy (non-hydrogen) atoms. The van der Waals surface area contributed by atoms with Crippen molar-refractivity contribution in [1.82, 2.24) is 0 Å². The maximum atomic E-state index is 8.81. The zero-order valence-corrected chi connectivity index (χ0v) is 12.3. The zero-order valence-electron chi connectivity index (χ0n) is 11.4. The standard InChI is InChI=1S/C15H22N2S/c1-12(2)13-5-7-14(8-6-13)18-10-4-9-15(3,17)11-16/h5-8,12H,4,9-10,17H2,1-3H3. The lowest BCUT2D eigenvalue weighted by Gasteiger charge is -2.14. The zero-order chi connectivity index (χ0) is 13.6. The van der Waals surface area contributed by atoms with Gasteiger partial charge in [-0.2, -0.15) is 5.26 Å². The van der Waals surface area contributed by atoms with Crippen molar-refractivity contribution >= 4 is 11.8 Å². The van der Waals surface area contributed by atoms with E-state index in [2.05, 4.69) is 44.2 Å². The van der Waals surface area contributed by atoms with Crippen LogP contribution in [0.15, 0.2) is 29.2 Å². The molecule has 3 heteroatoms. The summed E-state index contributed by atoms with van der Waals surface area (Å²) in [6.07, 6.45) is 1.72. The summed E-state index contributed by atoms with van der Waals surface area (Å²) in [6.45, 7) is 6.19. The predicted octanol–water partition coefficient (Wildman–Crippen LogP) is 3.92. The van der Waals surface area contributed by atoms with Crippen LogP contribution in [0.5, 0.6) is 0 Å². The van der Waals surface area contributed by atoms with E-state index in [0.29, 0.717) is 5.92 Å². The number of rotatable bonds is 6. The lowest BCUT2D eigenvalue weighted by Crippen LogP contribution is -2.33. The molecule has 0 fully saturated rings. The fourth-order valence-electron chi connectivity index (χ4n) is 1.63. The summed E-state index contributed by atoms with van der Waals surface area (Å²) in [6, 6.07) is 10.9. The molecular weight excluding hydrogens is 240 g/mol. The minimum absolute atomic E-state index is 0.581. The van der Waals surface area contributed by atoms with Crippen molar-refractivity contribution in [3.8, 4) is 6.07 Å². The second-order valence-electron chi connectivity index (χ2n) is 5.21. The molecule has 0 aliphatic heterocycles. The van der Waals surface area contributed by atoms with E-state index in [1.54, 1.807) is 6.92 Å². The molecule has 0 bridgehead atoms. The van der Waals surface area contributed by atoms with Crippen LogP contribution in [0.3, 0.4) is 0 Å². The van der Waals surface area contributed by atoms with Crippen molar-refractivity contribution < 1.29 is 0 Å². The molecular formula is C15H22N2S. The molecule has 0 amide bonds. The van der Waals surface area contributed by atoms with Crippen LogP contribution < -0.4 is 5.73 Å². The first-order valence-electron chi connectivity index (χ1n) is 6.37. The van der Waals surface area contributed by atoms with Crippen LogP contribution in [0, 0.1) is 11.3 Å². The van der Waals surface area contributed by atoms with E-state index in [4.69, 9.17) is 11.0 Å². The van der Waals surface area contributed by atoms with Crippen LogP contribution in [0.1, 0.15) is 45.1 Å². The Kier molecular flexibility index (Phi) is 5.71. The number of thioether (sulfide) groups is 1. The molecule has 0 aliphatic rings. The number of benzene rings is 1. The molecule has 98 valence electrons. The Balaban J connectivity index is 2.34. The van der Waals surface area contributed by atoms with Gasteiger partial charge in [0.25, 0.3) is 0 Å². The van der Waals surface area contributed by atoms with Crippen molar-refractivity contribution in [2.45, 2.75) is 50.0 Å². The van der Waals surface area contributed by atoms with E-state index in [1.165, 1.54) is 10.5 Å². The normalized spacial score (nSPS) is 14.2. The fourth-order valence-corrected chi connectivity index (χ4v) is 2.49. The van der Waals surface area contributed by atoms with Gasteiger partial charge in [-0.1, -0.05) is 26.0 Å². The monoisotopic (exact) mass is 262 g/mol. The van der Waals surface area contributed by atoms with Crippen LogP contribution in [0.2, 0.25) is 0 Å². The predicted molar refractivity (Wildman–Crippen MR) is 78.7 cm³/mol. The Morgan fingerprint density at radius 1 is 1.33 bits per heavy atom. The van der Waals surface area contributed by atoms with E-state index in [1.807, 2.05) is 11.8 Å². The summed E-state index contributed by atoms with van der Waals surface area (Å²) >= 11 is 1.83. The maximum Gasteiger partial charge on any atom is 0.101 e. The third-order valence-corrected chi connectivity index (χ3v) is 4.01. The Bertz CT molecular complexity index is 401. The highest BCUT2D eigenvalue weighted by molar-refractivity contribution is 7.99. The third-order valence-electron chi connectivity index (χ3n) is 2.91. The largest absolute Gasteiger partial charge is 0.314 e. The molecule has 0 aromatic heterocycles. The first kappa shape index (κ1) is 15.1. The van der Waals surface area contributed by atoms with E-state index < -0.39 is 5.54 Å². The van der Waals surface area contributed by atoms with Gasteiger partial charge in [-0.25, -0.2) is 0 Å². The molecule has 0 spiro atoms. The van der Waals surface area contributed by atoms with Gasteiger partial charge in [0.15, 0.2) is 0 Å². The van der Waals surface area contributed by atoms with Gasteiger partial charge in [-0.3, -0.25) is 0 Å². The van der Waals surface area contributed by atoms with Gasteiger partial charge in [-0.15, -0.1) is 11.8 Å². The summed E-state index contributed by atoms with van der Waals surface area (Å²) in [5.41, 5.74) is 6.47. The van der Waals surface area contributed by atoms with E-state index >= 15 is 0 Å². The van der Waals surface area contributed by atoms with E-state index in [9.17, 15) is 0 Å². The molecule has 0 aliphatic carbocycles. The summed E-state index contributed by atoms with van der Waals surface area (Å²) < 4.78 is 0. The SMILES string of the molecule is CC(C)c1ccc(SCCCC(C)(N)C#N)cc1. The van der Waals surface area contributed by atoms with Crippen LogP contribution in [-0.4, -0.2) is 11.3 Å². The number of hydrogen-bond acceptors (Lipinski definition) is 3. The van der Waals surface area contributed by atoms with Crippen molar-refractivity contribution in [1.29, 1.82) is 5.26 Å². The Hall–Kier alpha value is -0.980. The number of nitrogens with two attached hydrogens (primary N) is 1. The lowest BCUT2D eigenvalue weighted by atomic mass is 10.0. The minimum atomic E-state index is -0.679. The number of nitriles is 1. The van der Waals surface area contributed by atoms with Crippen molar-refractivity contribution in [3.05, 3.63) is 29.8 Å². The molecule has 0 radical (unpaired) electrons. The molecule has 1 aromatic rings. The summed E-state index contributed by atoms with van der Waals surface area (Å²) in [5, 5.41) is 8.81. The van der Waals surface area contributed by atoms with Gasteiger partial charge >= 0.3 is 0 Å². The Morgan fingerprint density at radius 2 is 1.94 bits per heavy atom. The third kappa shape index (κ3) is 5.12. The highest BCUT2D eigenvalue weighted by Gasteiger charge is 2.15. The molecule has 1 aromatic carbocycles. The summed E-state index contributed by atoms with van der Waals surface area (Å²) in [5.74, 6) is 1.59. The molecule has 2 nitrogen and oxygen atoms in total. The highest BCUT2D eigenvalue weighted by atomic mass is 32.2. The van der Waals surface area contributed by atoms with Crippen LogP contribution in [0.4, 0.5) is 0 Å². The average molecular weight is 262 g/mol. The first-order valence-corrected chi connectivity index (χ1v) is 7.36. The van der Waals surface area contributed by atoms with Gasteiger partial charge in [0, 0.05) is 4.90 Å². The molecule has 2 N–H and O–H groups in total. The molecule has 1 rings (SSSR count). The van der Waals surface area contributed by atoms with Gasteiger partial charge in [0.05, 0.1) is 6.07 Å². The fraction of sp³-hybridized carbons (Fsp3) is 0.533. The quantitative estimate of drug-likeness (QED) is 0.624. The molecule has 0 saturated carbocycles. The minimum Gasteiger partial charge on any atom is -0.314 e. The molecule has 1 atom stereocenters. The lowest BCUT2D eigenvalue weighted by molar-refractivity contribution is 0.540. The van der Waals surface area contributed by atoms with Crippen molar-refractivity contribution in [2.24, 2.45) is 5.73 Å². The number of hydrogen-bond donors (Lipinski definition) is 1. The first-order chi connectivity index (χ1) is 8.44. The van der Waals surface area contributed by atoms with Gasteiger partial charge in [-0.05, 0) is 49.1 Å². The molecule has 0 heterocycles. The van der Waals surface area contributed by atoms with E-state index in [0.717, 1.165) is 18.6 Å². The molecule has 0 saturated heterocycles. The van der Waals surface area contributed by atoms with Crippen LogP contribution in [-0.2, 0) is 0 Å². The number of nitrogens with zero attached hydrogens (tertiary/aromatic N) is 1. The van der Waals surface area contributed by atoms with Crippen molar-refractivity contribution in [3.63, 3.8) is 0 Å². The van der Waals surface area contributed by atoms with Gasteiger partial charge in [0.2, 0.25) is 0 Å². The highest BCUT2D eigenvalue weighted by Crippen LogP contribution is 2.23. The Labute approximate surface area is 115 Å². The summed E-state index contributed by atoms with van der Waals surface area (Å²) in [7, 11) is 0. The average Bonchev–Trinajstić information content (AvgIpc) is 2.35. The van der Waals surface area contributed by atoms with Crippen molar-refractivity contribution in [2.75, 3.05) is 5.75 Å². The topological polar surface area (TPSA) is 49.8 Å². The molecule has 1 unspecified atom stereocenters. The second kappa shape index (κ2) is 6.82. The smallest absolute Gasteiger partial charge is 0.101 e. The Morgan fingerprint density at radius 3 is 2.44 bits per heavy atom. The summed E-state index contributed by atoms with van der Waals surface area (Å²) in [4.78, 5) is 1.29. The maximum absolute atomic E-state index is 8.81. The van der Waals surface area contributed by atoms with Crippen LogP contribution >= 0.6 is 11.8 Å². The van der Waals surface area contributed by atoms with Crippen LogP contribution in [0.25, 0.3) is 0 Å². The van der Waals surface area contributed by atoms with Gasteiger partial charge in [0.1, 0.15) is 5.54 Å². The second-order valence-corrected chi connectivity index (χ2v) is 6.37.